The van der Waals surface area contributed by atoms with E-state index in [9.17, 15) is 14.7 Å². The highest BCUT2D eigenvalue weighted by Crippen LogP contribution is 2.31. The molecule has 0 heterocycles. The summed E-state index contributed by atoms with van der Waals surface area (Å²) in [5.74, 6) is -0.346. The first kappa shape index (κ1) is 19.5. The zero-order chi connectivity index (χ0) is 19.0. The van der Waals surface area contributed by atoms with Gasteiger partial charge in [0, 0.05) is 6.42 Å². The summed E-state index contributed by atoms with van der Waals surface area (Å²) in [7, 11) is 0. The number of carbonyl (C=O) groups is 2. The lowest BCUT2D eigenvalue weighted by Crippen LogP contribution is -2.30. The Bertz CT molecular complexity index is 741. The van der Waals surface area contributed by atoms with Crippen molar-refractivity contribution in [3.05, 3.63) is 60.2 Å². The molecule has 26 heavy (non-hydrogen) atoms. The topological polar surface area (TPSA) is 83.8 Å². The van der Waals surface area contributed by atoms with Crippen LogP contribution in [-0.4, -0.2) is 22.2 Å². The average Bonchev–Trinajstić information content (AvgIpc) is 2.60. The van der Waals surface area contributed by atoms with Crippen LogP contribution >= 0.6 is 0 Å². The van der Waals surface area contributed by atoms with Crippen LogP contribution in [0.2, 0.25) is 0 Å². The second-order valence-electron chi connectivity index (χ2n) is 6.71. The third-order valence-corrected chi connectivity index (χ3v) is 4.36. The van der Waals surface area contributed by atoms with Gasteiger partial charge >= 0.3 is 11.9 Å². The maximum absolute atomic E-state index is 11.8. The minimum atomic E-state index is -0.941. The fourth-order valence-electron chi connectivity index (χ4n) is 2.86. The fourth-order valence-corrected chi connectivity index (χ4v) is 2.86. The third-order valence-electron chi connectivity index (χ3n) is 4.36. The molecule has 2 N–H and O–H groups in total. The molecule has 0 aliphatic rings. The summed E-state index contributed by atoms with van der Waals surface area (Å²) in [5, 5.41) is 18.4. The summed E-state index contributed by atoms with van der Waals surface area (Å²) in [6.07, 6.45) is 1.90. The van der Waals surface area contributed by atoms with Gasteiger partial charge in [-0.3, -0.25) is 9.59 Å². The van der Waals surface area contributed by atoms with E-state index < -0.39 is 17.4 Å². The molecular weight excluding hydrogens is 332 g/mol. The Balaban J connectivity index is 2.04. The lowest BCUT2D eigenvalue weighted by molar-refractivity contribution is -0.148. The minimum Gasteiger partial charge on any atom is -0.481 e. The van der Waals surface area contributed by atoms with Gasteiger partial charge in [-0.05, 0) is 56.0 Å². The van der Waals surface area contributed by atoms with Gasteiger partial charge in [0.05, 0.1) is 5.41 Å². The van der Waals surface area contributed by atoms with Crippen molar-refractivity contribution in [2.24, 2.45) is 5.41 Å². The van der Waals surface area contributed by atoms with E-state index in [-0.39, 0.29) is 6.42 Å². The van der Waals surface area contributed by atoms with Crippen molar-refractivity contribution in [3.8, 4) is 11.5 Å². The standard InChI is InChI=1S/C21H24O5/c1-21(20(24)25,13-6-5-12-19(22)23)15-16-8-7-11-18(14-16)26-17-9-3-2-4-10-17/h2-4,7-11,14H,5-6,12-13,15H2,1H3,(H,22,23)(H,24,25). The van der Waals surface area contributed by atoms with E-state index in [4.69, 9.17) is 9.84 Å². The molecule has 1 atom stereocenters. The number of aliphatic carboxylic acids is 2. The van der Waals surface area contributed by atoms with Crippen LogP contribution in [0.5, 0.6) is 11.5 Å². The first-order valence-electron chi connectivity index (χ1n) is 8.66. The van der Waals surface area contributed by atoms with Crippen molar-refractivity contribution in [1.29, 1.82) is 0 Å². The predicted octanol–water partition coefficient (Wildman–Crippen LogP) is 4.76. The van der Waals surface area contributed by atoms with E-state index in [1.54, 1.807) is 6.92 Å². The number of rotatable bonds is 10. The summed E-state index contributed by atoms with van der Waals surface area (Å²) in [6, 6.07) is 16.8. The molecule has 2 aromatic carbocycles. The van der Waals surface area contributed by atoms with Crippen LogP contribution in [0.3, 0.4) is 0 Å². The summed E-state index contributed by atoms with van der Waals surface area (Å²) >= 11 is 0. The first-order chi connectivity index (χ1) is 12.4. The Hall–Kier alpha value is -2.82. The molecule has 0 radical (unpaired) electrons. The van der Waals surface area contributed by atoms with Gasteiger partial charge in [-0.15, -0.1) is 0 Å². The molecule has 2 aromatic rings. The van der Waals surface area contributed by atoms with Crippen LogP contribution in [0.1, 0.15) is 38.2 Å². The lowest BCUT2D eigenvalue weighted by Gasteiger charge is -2.25. The van der Waals surface area contributed by atoms with Gasteiger partial charge in [-0.2, -0.15) is 0 Å². The molecular formula is C21H24O5. The molecule has 0 saturated heterocycles. The first-order valence-corrected chi connectivity index (χ1v) is 8.66. The zero-order valence-electron chi connectivity index (χ0n) is 14.9. The molecule has 2 rings (SSSR count). The lowest BCUT2D eigenvalue weighted by atomic mass is 9.79. The van der Waals surface area contributed by atoms with E-state index in [1.807, 2.05) is 54.6 Å². The summed E-state index contributed by atoms with van der Waals surface area (Å²) in [6.45, 7) is 1.71. The summed E-state index contributed by atoms with van der Waals surface area (Å²) < 4.78 is 5.81. The molecule has 0 spiro atoms. The molecule has 0 aromatic heterocycles. The van der Waals surface area contributed by atoms with Gasteiger partial charge in [0.25, 0.3) is 0 Å². The summed E-state index contributed by atoms with van der Waals surface area (Å²) in [4.78, 5) is 22.4. The van der Waals surface area contributed by atoms with E-state index in [2.05, 4.69) is 0 Å². The Labute approximate surface area is 153 Å². The molecule has 5 nitrogen and oxygen atoms in total. The van der Waals surface area contributed by atoms with Crippen LogP contribution in [0.25, 0.3) is 0 Å². The second kappa shape index (κ2) is 9.04. The number of carboxylic acids is 2. The molecule has 1 unspecified atom stereocenters. The minimum absolute atomic E-state index is 0.0656. The summed E-state index contributed by atoms with van der Waals surface area (Å²) in [5.41, 5.74) is -0.0642. The van der Waals surface area contributed by atoms with Crippen LogP contribution in [0.4, 0.5) is 0 Å². The zero-order valence-corrected chi connectivity index (χ0v) is 14.9. The number of ether oxygens (including phenoxy) is 1. The fraction of sp³-hybridized carbons (Fsp3) is 0.333. The highest BCUT2D eigenvalue weighted by Gasteiger charge is 2.32. The Kier molecular flexibility index (Phi) is 6.78. The van der Waals surface area contributed by atoms with Gasteiger partial charge in [-0.1, -0.05) is 36.8 Å². The Morgan fingerprint density at radius 2 is 1.65 bits per heavy atom. The van der Waals surface area contributed by atoms with E-state index in [0.717, 1.165) is 11.3 Å². The van der Waals surface area contributed by atoms with E-state index >= 15 is 0 Å². The molecule has 0 fully saturated rings. The van der Waals surface area contributed by atoms with E-state index in [0.29, 0.717) is 31.4 Å². The predicted molar refractivity (Wildman–Crippen MR) is 98.5 cm³/mol. The highest BCUT2D eigenvalue weighted by molar-refractivity contribution is 5.74. The molecule has 0 saturated carbocycles. The Morgan fingerprint density at radius 1 is 0.962 bits per heavy atom. The third kappa shape index (κ3) is 5.92. The van der Waals surface area contributed by atoms with Crippen molar-refractivity contribution in [1.82, 2.24) is 0 Å². The highest BCUT2D eigenvalue weighted by atomic mass is 16.5. The molecule has 138 valence electrons. The molecule has 0 amide bonds. The van der Waals surface area contributed by atoms with E-state index in [1.165, 1.54) is 0 Å². The van der Waals surface area contributed by atoms with Gasteiger partial charge < -0.3 is 14.9 Å². The smallest absolute Gasteiger partial charge is 0.309 e. The number of hydrogen-bond donors (Lipinski definition) is 2. The molecule has 5 heteroatoms. The number of para-hydroxylation sites is 1. The SMILES string of the molecule is CC(CCCCC(=O)O)(Cc1cccc(Oc2ccccc2)c1)C(=O)O. The maximum atomic E-state index is 11.8. The number of benzene rings is 2. The van der Waals surface area contributed by atoms with Crippen LogP contribution < -0.4 is 4.74 Å². The van der Waals surface area contributed by atoms with Gasteiger partial charge in [0.2, 0.25) is 0 Å². The van der Waals surface area contributed by atoms with Crippen LogP contribution in [0.15, 0.2) is 54.6 Å². The average molecular weight is 356 g/mol. The monoisotopic (exact) mass is 356 g/mol. The van der Waals surface area contributed by atoms with Crippen LogP contribution in [-0.2, 0) is 16.0 Å². The largest absolute Gasteiger partial charge is 0.481 e. The van der Waals surface area contributed by atoms with Gasteiger partial charge in [0.1, 0.15) is 11.5 Å². The Morgan fingerprint density at radius 3 is 2.31 bits per heavy atom. The number of unbranched alkanes of at least 4 members (excludes halogenated alkanes) is 1. The van der Waals surface area contributed by atoms with Gasteiger partial charge in [0.15, 0.2) is 0 Å². The maximum Gasteiger partial charge on any atom is 0.309 e. The van der Waals surface area contributed by atoms with Crippen molar-refractivity contribution in [3.63, 3.8) is 0 Å². The second-order valence-corrected chi connectivity index (χ2v) is 6.71. The quantitative estimate of drug-likeness (QED) is 0.600. The van der Waals surface area contributed by atoms with Crippen molar-refractivity contribution >= 4 is 11.9 Å². The van der Waals surface area contributed by atoms with Crippen LogP contribution in [0, 0.1) is 5.41 Å². The van der Waals surface area contributed by atoms with Gasteiger partial charge in [-0.25, -0.2) is 0 Å². The number of carboxylic acid groups (broad SMARTS) is 2. The molecule has 0 aliphatic heterocycles. The molecule has 0 aliphatic carbocycles. The van der Waals surface area contributed by atoms with Crippen molar-refractivity contribution < 1.29 is 24.5 Å². The normalized spacial score (nSPS) is 13.0. The molecule has 0 bridgehead atoms. The number of hydrogen-bond acceptors (Lipinski definition) is 3. The van der Waals surface area contributed by atoms with Crippen molar-refractivity contribution in [2.45, 2.75) is 39.0 Å². The van der Waals surface area contributed by atoms with Crippen molar-refractivity contribution in [2.75, 3.05) is 0 Å².